The molecule has 5 nitrogen and oxygen atoms in total. The third-order valence-electron chi connectivity index (χ3n) is 2.88. The number of nitrogens with one attached hydrogen (secondary N) is 1. The summed E-state index contributed by atoms with van der Waals surface area (Å²) in [7, 11) is 0. The summed E-state index contributed by atoms with van der Waals surface area (Å²) in [5.74, 6) is -0.391. The number of rotatable bonds is 3. The maximum atomic E-state index is 12.2. The van der Waals surface area contributed by atoms with Crippen molar-refractivity contribution in [1.82, 2.24) is 5.32 Å². The number of carbonyl (C=O) groups excluding carboxylic acids is 2. The van der Waals surface area contributed by atoms with Crippen LogP contribution >= 0.6 is 0 Å². The van der Waals surface area contributed by atoms with Crippen LogP contribution in [0.4, 0.5) is 10.5 Å². The topological polar surface area (TPSA) is 58.6 Å². The van der Waals surface area contributed by atoms with Gasteiger partial charge in [0.1, 0.15) is 0 Å². The van der Waals surface area contributed by atoms with Crippen molar-refractivity contribution in [3.63, 3.8) is 0 Å². The van der Waals surface area contributed by atoms with E-state index in [0.29, 0.717) is 12.3 Å². The lowest BCUT2D eigenvalue weighted by Gasteiger charge is -2.21. The van der Waals surface area contributed by atoms with Gasteiger partial charge in [-0.1, -0.05) is 17.7 Å². The average molecular weight is 248 g/mol. The second-order valence-corrected chi connectivity index (χ2v) is 4.37. The summed E-state index contributed by atoms with van der Waals surface area (Å²) in [4.78, 5) is 25.2. The number of imide groups is 1. The molecule has 0 saturated carbocycles. The minimum atomic E-state index is -1.27. The highest BCUT2D eigenvalue weighted by atomic mass is 16.5. The second-order valence-electron chi connectivity index (χ2n) is 4.37. The molecule has 1 fully saturated rings. The molecule has 1 aliphatic rings. The van der Waals surface area contributed by atoms with Gasteiger partial charge in [-0.2, -0.15) is 0 Å². The van der Waals surface area contributed by atoms with Gasteiger partial charge in [-0.05, 0) is 32.9 Å². The average Bonchev–Trinajstić information content (AvgIpc) is 2.52. The number of carbonyl (C=O) groups is 2. The monoisotopic (exact) mass is 248 g/mol. The molecule has 1 aromatic carbocycles. The maximum absolute atomic E-state index is 12.2. The maximum Gasteiger partial charge on any atom is 0.331 e. The molecule has 0 radical (unpaired) electrons. The van der Waals surface area contributed by atoms with Crippen molar-refractivity contribution in [2.45, 2.75) is 26.5 Å². The zero-order chi connectivity index (χ0) is 13.3. The Morgan fingerprint density at radius 3 is 2.44 bits per heavy atom. The second kappa shape index (κ2) is 4.42. The highest BCUT2D eigenvalue weighted by Crippen LogP contribution is 2.25. The highest BCUT2D eigenvalue weighted by molar-refractivity contribution is 6.22. The van der Waals surface area contributed by atoms with Gasteiger partial charge in [-0.15, -0.1) is 0 Å². The number of aryl methyl sites for hydroxylation is 1. The predicted octanol–water partition coefficient (Wildman–Crippen LogP) is 1.80. The van der Waals surface area contributed by atoms with Crippen LogP contribution in [0, 0.1) is 6.92 Å². The van der Waals surface area contributed by atoms with E-state index in [1.165, 1.54) is 0 Å². The smallest absolute Gasteiger partial charge is 0.331 e. The van der Waals surface area contributed by atoms with Gasteiger partial charge in [0.15, 0.2) is 0 Å². The van der Waals surface area contributed by atoms with Crippen LogP contribution in [0.1, 0.15) is 19.4 Å². The molecular weight excluding hydrogens is 232 g/mol. The van der Waals surface area contributed by atoms with Crippen LogP contribution in [-0.2, 0) is 9.53 Å². The van der Waals surface area contributed by atoms with Crippen molar-refractivity contribution in [1.29, 1.82) is 0 Å². The molecule has 1 saturated heterocycles. The quantitative estimate of drug-likeness (QED) is 0.830. The van der Waals surface area contributed by atoms with Gasteiger partial charge in [-0.25, -0.2) is 9.69 Å². The SMILES string of the molecule is CCOC1(C)NC(=O)N(c2ccc(C)cc2)C1=O. The number of ether oxygens (including phenoxy) is 1. The lowest BCUT2D eigenvalue weighted by Crippen LogP contribution is -2.46. The molecule has 0 aromatic heterocycles. The molecule has 3 amide bonds. The van der Waals surface area contributed by atoms with Gasteiger partial charge >= 0.3 is 6.03 Å². The largest absolute Gasteiger partial charge is 0.348 e. The van der Waals surface area contributed by atoms with Gasteiger partial charge in [0.2, 0.25) is 5.72 Å². The zero-order valence-electron chi connectivity index (χ0n) is 10.7. The fourth-order valence-electron chi connectivity index (χ4n) is 1.93. The Labute approximate surface area is 106 Å². The van der Waals surface area contributed by atoms with E-state index in [4.69, 9.17) is 4.74 Å². The number of benzene rings is 1. The van der Waals surface area contributed by atoms with E-state index in [0.717, 1.165) is 10.5 Å². The van der Waals surface area contributed by atoms with E-state index < -0.39 is 17.7 Å². The number of hydrogen-bond donors (Lipinski definition) is 1. The molecule has 1 aromatic rings. The first-order chi connectivity index (χ1) is 8.48. The molecule has 1 unspecified atom stereocenters. The van der Waals surface area contributed by atoms with Crippen LogP contribution in [-0.4, -0.2) is 24.3 Å². The highest BCUT2D eigenvalue weighted by Gasteiger charge is 2.49. The molecule has 0 bridgehead atoms. The Morgan fingerprint density at radius 2 is 1.89 bits per heavy atom. The first-order valence-electron chi connectivity index (χ1n) is 5.85. The van der Waals surface area contributed by atoms with Gasteiger partial charge < -0.3 is 10.1 Å². The van der Waals surface area contributed by atoms with Crippen molar-refractivity contribution in [2.24, 2.45) is 0 Å². The number of urea groups is 1. The normalized spacial score (nSPS) is 23.4. The van der Waals surface area contributed by atoms with Crippen LogP contribution in [0.25, 0.3) is 0 Å². The van der Waals surface area contributed by atoms with E-state index >= 15 is 0 Å². The van der Waals surface area contributed by atoms with E-state index in [-0.39, 0.29) is 0 Å². The van der Waals surface area contributed by atoms with Crippen LogP contribution in [0.15, 0.2) is 24.3 Å². The van der Waals surface area contributed by atoms with Crippen LogP contribution in [0.5, 0.6) is 0 Å². The minimum absolute atomic E-state index is 0.351. The molecule has 0 spiro atoms. The summed E-state index contributed by atoms with van der Waals surface area (Å²) in [5.41, 5.74) is 0.349. The molecule has 1 atom stereocenters. The van der Waals surface area contributed by atoms with Gasteiger partial charge in [0.25, 0.3) is 5.91 Å². The van der Waals surface area contributed by atoms with E-state index in [1.54, 1.807) is 26.0 Å². The number of anilines is 1. The Hall–Kier alpha value is -1.88. The summed E-state index contributed by atoms with van der Waals surface area (Å²) in [6, 6.07) is 6.73. The van der Waals surface area contributed by atoms with Crippen LogP contribution in [0.2, 0.25) is 0 Å². The Kier molecular flexibility index (Phi) is 3.09. The first kappa shape index (κ1) is 12.6. The number of amides is 3. The molecule has 96 valence electrons. The first-order valence-corrected chi connectivity index (χ1v) is 5.85. The molecular formula is C13H16N2O3. The third-order valence-corrected chi connectivity index (χ3v) is 2.88. The number of nitrogens with zero attached hydrogens (tertiary/aromatic N) is 1. The summed E-state index contributed by atoms with van der Waals surface area (Å²) in [5, 5.41) is 2.56. The van der Waals surface area contributed by atoms with Crippen molar-refractivity contribution >= 4 is 17.6 Å². The predicted molar refractivity (Wildman–Crippen MR) is 67.2 cm³/mol. The Bertz CT molecular complexity index is 484. The van der Waals surface area contributed by atoms with Gasteiger partial charge in [0.05, 0.1) is 5.69 Å². The lowest BCUT2D eigenvalue weighted by atomic mass is 10.2. The standard InChI is InChI=1S/C13H16N2O3/c1-4-18-13(3)11(16)15(12(17)14-13)10-7-5-9(2)6-8-10/h5-8H,4H2,1-3H3,(H,14,17). The lowest BCUT2D eigenvalue weighted by molar-refractivity contribution is -0.139. The number of hydrogen-bond acceptors (Lipinski definition) is 3. The van der Waals surface area contributed by atoms with Crippen LogP contribution < -0.4 is 10.2 Å². The fourth-order valence-corrected chi connectivity index (χ4v) is 1.93. The molecule has 1 N–H and O–H groups in total. The molecule has 1 aliphatic heterocycles. The fraction of sp³-hybridized carbons (Fsp3) is 0.385. The summed E-state index contributed by atoms with van der Waals surface area (Å²) >= 11 is 0. The minimum Gasteiger partial charge on any atom is -0.348 e. The molecule has 2 rings (SSSR count). The molecule has 5 heteroatoms. The molecule has 1 heterocycles. The molecule has 18 heavy (non-hydrogen) atoms. The van der Waals surface area contributed by atoms with E-state index in [9.17, 15) is 9.59 Å². The summed E-state index contributed by atoms with van der Waals surface area (Å²) < 4.78 is 5.33. The van der Waals surface area contributed by atoms with Crippen molar-refractivity contribution in [3.05, 3.63) is 29.8 Å². The van der Waals surface area contributed by atoms with E-state index in [2.05, 4.69) is 5.32 Å². The van der Waals surface area contributed by atoms with Gasteiger partial charge in [-0.3, -0.25) is 4.79 Å². The summed E-state index contributed by atoms with van der Waals surface area (Å²) in [6.45, 7) is 5.63. The summed E-state index contributed by atoms with van der Waals surface area (Å²) in [6.07, 6.45) is 0. The van der Waals surface area contributed by atoms with E-state index in [1.807, 2.05) is 19.1 Å². The Balaban J connectivity index is 2.32. The third kappa shape index (κ3) is 1.97. The van der Waals surface area contributed by atoms with Crippen molar-refractivity contribution in [2.75, 3.05) is 11.5 Å². The Morgan fingerprint density at radius 1 is 1.28 bits per heavy atom. The zero-order valence-corrected chi connectivity index (χ0v) is 10.7. The van der Waals surface area contributed by atoms with Crippen molar-refractivity contribution in [3.8, 4) is 0 Å². The van der Waals surface area contributed by atoms with Gasteiger partial charge in [0, 0.05) is 6.61 Å². The van der Waals surface area contributed by atoms with Crippen LogP contribution in [0.3, 0.4) is 0 Å². The van der Waals surface area contributed by atoms with Crippen molar-refractivity contribution < 1.29 is 14.3 Å². The molecule has 0 aliphatic carbocycles.